The van der Waals surface area contributed by atoms with Gasteiger partial charge in [-0.25, -0.2) is 10.0 Å². The Morgan fingerprint density at radius 2 is 1.69 bits per heavy atom. The van der Waals surface area contributed by atoms with Crippen LogP contribution >= 0.6 is 11.6 Å². The first kappa shape index (κ1) is 31.1. The fourth-order valence-corrected chi connectivity index (χ4v) is 5.33. The van der Waals surface area contributed by atoms with Crippen molar-refractivity contribution in [3.05, 3.63) is 47.5 Å². The molecule has 2 saturated heterocycles. The van der Waals surface area contributed by atoms with Crippen LogP contribution in [0.2, 0.25) is 5.02 Å². The van der Waals surface area contributed by atoms with E-state index in [1.165, 1.54) is 6.08 Å². The van der Waals surface area contributed by atoms with Crippen LogP contribution in [0.4, 0.5) is 0 Å². The van der Waals surface area contributed by atoms with Gasteiger partial charge in [0.05, 0.1) is 0 Å². The van der Waals surface area contributed by atoms with Gasteiger partial charge in [-0.15, -0.1) is 6.58 Å². The highest BCUT2D eigenvalue weighted by Gasteiger charge is 2.35. The summed E-state index contributed by atoms with van der Waals surface area (Å²) in [4.78, 5) is 42.2. The lowest BCUT2D eigenvalue weighted by Gasteiger charge is -2.47. The largest absolute Gasteiger partial charge is 0.343 e. The van der Waals surface area contributed by atoms with Crippen LogP contribution in [0.5, 0.6) is 0 Å². The summed E-state index contributed by atoms with van der Waals surface area (Å²) in [5.74, 6) is 0.0654. The molecule has 0 bridgehead atoms. The number of carbonyl (C=O) groups is 3. The van der Waals surface area contributed by atoms with Crippen LogP contribution in [0.25, 0.3) is 0 Å². The minimum Gasteiger partial charge on any atom is -0.343 e. The van der Waals surface area contributed by atoms with E-state index in [1.807, 2.05) is 21.9 Å². The molecule has 1 aromatic rings. The smallest absolute Gasteiger partial charge is 0.245 e. The molecule has 2 fully saturated rings. The Morgan fingerprint density at radius 3 is 2.21 bits per heavy atom. The first-order chi connectivity index (χ1) is 18.4. The zero-order valence-corrected chi connectivity index (χ0v) is 24.6. The van der Waals surface area contributed by atoms with E-state index < -0.39 is 17.5 Å². The number of hydrogen-bond donors (Lipinski definition) is 2. The average Bonchev–Trinajstić information content (AvgIpc) is 2.92. The average molecular weight is 561 g/mol. The van der Waals surface area contributed by atoms with Gasteiger partial charge in [-0.3, -0.25) is 14.4 Å². The van der Waals surface area contributed by atoms with Crippen molar-refractivity contribution in [3.8, 4) is 0 Å². The standard InChI is InChI=1S/C29H45ClN6O3/c1-6-29(5,31)28(39)32-26(19-23-7-9-24(30)10-8-23)27(38)34-15-17-35(18-16-34)36(20-21(2)3)25-11-13-33(14-12-25)22(4)37/h6-10,21,25-26H,1,11-20,31H2,2-5H3,(H,32,39)/t26-,29?/m1/s1. The normalized spacial score (nSPS) is 19.6. The number of nitrogens with two attached hydrogens (primary N) is 1. The summed E-state index contributed by atoms with van der Waals surface area (Å²) in [5, 5.41) is 8.34. The number of amides is 3. The van der Waals surface area contributed by atoms with Gasteiger partial charge < -0.3 is 20.9 Å². The molecular weight excluding hydrogens is 516 g/mol. The molecule has 1 aromatic carbocycles. The molecule has 2 heterocycles. The fraction of sp³-hybridized carbons (Fsp3) is 0.621. The molecule has 3 N–H and O–H groups in total. The van der Waals surface area contributed by atoms with E-state index in [-0.39, 0.29) is 11.8 Å². The van der Waals surface area contributed by atoms with Crippen molar-refractivity contribution in [2.75, 3.05) is 45.8 Å². The predicted molar refractivity (Wildman–Crippen MR) is 155 cm³/mol. The Labute approximate surface area is 238 Å². The number of piperazine rings is 1. The summed E-state index contributed by atoms with van der Waals surface area (Å²) in [6.45, 7) is 16.4. The minimum absolute atomic E-state index is 0.122. The van der Waals surface area contributed by atoms with Crippen molar-refractivity contribution in [2.45, 2.75) is 64.6 Å². The maximum absolute atomic E-state index is 13.7. The number of nitrogens with zero attached hydrogens (tertiary/aromatic N) is 4. The van der Waals surface area contributed by atoms with Crippen molar-refractivity contribution >= 4 is 29.3 Å². The minimum atomic E-state index is -1.29. The summed E-state index contributed by atoms with van der Waals surface area (Å²) < 4.78 is 0. The van der Waals surface area contributed by atoms with Gasteiger partial charge in [0.25, 0.3) is 0 Å². The molecule has 2 aliphatic rings. The van der Waals surface area contributed by atoms with E-state index in [9.17, 15) is 14.4 Å². The van der Waals surface area contributed by atoms with E-state index >= 15 is 0 Å². The van der Waals surface area contributed by atoms with Crippen LogP contribution in [0.3, 0.4) is 0 Å². The Morgan fingerprint density at radius 1 is 1.10 bits per heavy atom. The molecule has 0 spiro atoms. The van der Waals surface area contributed by atoms with Crippen LogP contribution < -0.4 is 11.1 Å². The number of carbonyl (C=O) groups excluding carboxylic acids is 3. The number of halogens is 1. The van der Waals surface area contributed by atoms with Crippen LogP contribution in [0, 0.1) is 5.92 Å². The van der Waals surface area contributed by atoms with E-state index in [0.29, 0.717) is 49.6 Å². The van der Waals surface area contributed by atoms with Crippen molar-refractivity contribution in [2.24, 2.45) is 11.7 Å². The maximum atomic E-state index is 13.7. The topological polar surface area (TPSA) is 102 Å². The summed E-state index contributed by atoms with van der Waals surface area (Å²) in [7, 11) is 0. The third kappa shape index (κ3) is 8.51. The molecule has 0 aliphatic carbocycles. The molecule has 1 unspecified atom stereocenters. The highest BCUT2D eigenvalue weighted by molar-refractivity contribution is 6.30. The monoisotopic (exact) mass is 560 g/mol. The number of rotatable bonds is 10. The Balaban J connectivity index is 1.68. The van der Waals surface area contributed by atoms with E-state index in [2.05, 4.69) is 35.8 Å². The van der Waals surface area contributed by atoms with Gasteiger partial charge in [0.15, 0.2) is 0 Å². The molecular formula is C29H45ClN6O3. The quantitative estimate of drug-likeness (QED) is 0.426. The molecule has 0 aromatic heterocycles. The molecule has 3 amide bonds. The lowest BCUT2D eigenvalue weighted by Crippen LogP contribution is -2.62. The number of hydrazine groups is 1. The van der Waals surface area contributed by atoms with E-state index in [4.69, 9.17) is 17.3 Å². The number of likely N-dealkylation sites (tertiary alicyclic amines) is 1. The summed E-state index contributed by atoms with van der Waals surface area (Å²) in [6.07, 6.45) is 3.61. The molecule has 2 aliphatic heterocycles. The molecule has 9 nitrogen and oxygen atoms in total. The summed E-state index contributed by atoms with van der Waals surface area (Å²) >= 11 is 6.04. The van der Waals surface area contributed by atoms with Crippen LogP contribution in [0.1, 0.15) is 46.1 Å². The van der Waals surface area contributed by atoms with Crippen molar-refractivity contribution in [1.29, 1.82) is 0 Å². The first-order valence-corrected chi connectivity index (χ1v) is 14.3. The van der Waals surface area contributed by atoms with Gasteiger partial charge in [-0.2, -0.15) is 0 Å². The summed E-state index contributed by atoms with van der Waals surface area (Å²) in [6, 6.07) is 6.91. The van der Waals surface area contributed by atoms with Crippen molar-refractivity contribution in [3.63, 3.8) is 0 Å². The first-order valence-electron chi connectivity index (χ1n) is 13.9. The Kier molecular flexibility index (Phi) is 11.0. The van der Waals surface area contributed by atoms with E-state index in [1.54, 1.807) is 26.0 Å². The fourth-order valence-electron chi connectivity index (χ4n) is 5.20. The number of benzene rings is 1. The number of nitrogens with one attached hydrogen (secondary N) is 1. The molecule has 39 heavy (non-hydrogen) atoms. The molecule has 216 valence electrons. The molecule has 10 heteroatoms. The SMILES string of the molecule is C=CC(C)(N)C(=O)N[C@H](Cc1ccc(Cl)cc1)C(=O)N1CCN(N(CC(C)C)C2CCN(C(C)=O)CC2)CC1. The van der Waals surface area contributed by atoms with Crippen molar-refractivity contribution in [1.82, 2.24) is 25.1 Å². The maximum Gasteiger partial charge on any atom is 0.245 e. The highest BCUT2D eigenvalue weighted by atomic mass is 35.5. The second-order valence-corrected chi connectivity index (χ2v) is 11.8. The van der Waals surface area contributed by atoms with Gasteiger partial charge in [0, 0.05) is 70.2 Å². The van der Waals surface area contributed by atoms with Gasteiger partial charge in [0.2, 0.25) is 17.7 Å². The Hall–Kier alpha value is -2.46. The lowest BCUT2D eigenvalue weighted by atomic mass is 10.00. The van der Waals surface area contributed by atoms with E-state index in [0.717, 1.165) is 38.0 Å². The molecule has 0 saturated carbocycles. The second kappa shape index (κ2) is 13.7. The zero-order valence-electron chi connectivity index (χ0n) is 23.9. The van der Waals surface area contributed by atoms with Crippen LogP contribution in [-0.2, 0) is 20.8 Å². The Bertz CT molecular complexity index is 999. The summed E-state index contributed by atoms with van der Waals surface area (Å²) in [5.41, 5.74) is 5.69. The van der Waals surface area contributed by atoms with Gasteiger partial charge in [0.1, 0.15) is 11.6 Å². The van der Waals surface area contributed by atoms with Crippen LogP contribution in [-0.4, -0.2) is 101 Å². The number of hydrogen-bond acceptors (Lipinski definition) is 6. The predicted octanol–water partition coefficient (Wildman–Crippen LogP) is 2.30. The van der Waals surface area contributed by atoms with Gasteiger partial charge in [-0.1, -0.05) is 43.7 Å². The third-order valence-corrected chi connectivity index (χ3v) is 7.94. The number of piperidine rings is 1. The third-order valence-electron chi connectivity index (χ3n) is 7.68. The van der Waals surface area contributed by atoms with Crippen LogP contribution in [0.15, 0.2) is 36.9 Å². The molecule has 0 radical (unpaired) electrons. The highest BCUT2D eigenvalue weighted by Crippen LogP contribution is 2.22. The molecule has 3 rings (SSSR count). The van der Waals surface area contributed by atoms with Crippen molar-refractivity contribution < 1.29 is 14.4 Å². The van der Waals surface area contributed by atoms with Gasteiger partial charge >= 0.3 is 0 Å². The second-order valence-electron chi connectivity index (χ2n) is 11.4. The lowest BCUT2D eigenvalue weighted by molar-refractivity contribution is -0.146. The van der Waals surface area contributed by atoms with Gasteiger partial charge in [-0.05, 0) is 43.4 Å². The molecule has 2 atom stereocenters. The zero-order chi connectivity index (χ0) is 28.7.